The van der Waals surface area contributed by atoms with Gasteiger partial charge in [0.05, 0.1) is 16.7 Å². The number of pyridine rings is 2. The Morgan fingerprint density at radius 3 is 2.66 bits per heavy atom. The molecule has 154 valence electrons. The van der Waals surface area contributed by atoms with Gasteiger partial charge in [0.1, 0.15) is 17.0 Å². The topological polar surface area (TPSA) is 83.1 Å². The van der Waals surface area contributed by atoms with Crippen LogP contribution in [0, 0.1) is 12.7 Å². The van der Waals surface area contributed by atoms with Gasteiger partial charge in [-0.15, -0.1) is 0 Å². The van der Waals surface area contributed by atoms with Gasteiger partial charge in [-0.3, -0.25) is 15.1 Å². The highest BCUT2D eigenvalue weighted by Crippen LogP contribution is 2.32. The third-order valence-corrected chi connectivity index (χ3v) is 5.49. The number of rotatable bonds is 3. The number of benzene rings is 2. The van der Waals surface area contributed by atoms with Crippen LogP contribution in [0.4, 0.5) is 4.39 Å². The quantitative estimate of drug-likeness (QED) is 0.386. The molecule has 32 heavy (non-hydrogen) atoms. The number of H-pyrrole nitrogens is 2. The Bertz CT molecular complexity index is 1610. The molecule has 7 heteroatoms. The van der Waals surface area contributed by atoms with Crippen molar-refractivity contribution in [1.82, 2.24) is 30.1 Å². The molecule has 6 rings (SSSR count). The summed E-state index contributed by atoms with van der Waals surface area (Å²) in [5, 5.41) is 8.55. The predicted molar refractivity (Wildman–Crippen MR) is 122 cm³/mol. The van der Waals surface area contributed by atoms with Crippen molar-refractivity contribution in [2.45, 2.75) is 6.92 Å². The minimum absolute atomic E-state index is 0.312. The summed E-state index contributed by atoms with van der Waals surface area (Å²) in [6, 6.07) is 16.5. The number of hydrogen-bond donors (Lipinski definition) is 2. The van der Waals surface area contributed by atoms with Crippen LogP contribution in [0.25, 0.3) is 55.8 Å². The highest BCUT2D eigenvalue weighted by atomic mass is 19.1. The van der Waals surface area contributed by atoms with E-state index in [1.165, 1.54) is 12.1 Å². The molecule has 6 aromatic rings. The number of nitrogens with one attached hydrogen (secondary N) is 2. The van der Waals surface area contributed by atoms with E-state index in [1.807, 2.05) is 43.6 Å². The number of halogens is 1. The van der Waals surface area contributed by atoms with Crippen molar-refractivity contribution in [3.05, 3.63) is 84.6 Å². The fourth-order valence-electron chi connectivity index (χ4n) is 3.98. The summed E-state index contributed by atoms with van der Waals surface area (Å²) in [6.07, 6.45) is 5.38. The molecule has 0 aliphatic heterocycles. The Morgan fingerprint density at radius 1 is 0.844 bits per heavy atom. The first-order valence-corrected chi connectivity index (χ1v) is 10.2. The summed E-state index contributed by atoms with van der Waals surface area (Å²) >= 11 is 0. The summed E-state index contributed by atoms with van der Waals surface area (Å²) in [5.41, 5.74) is 7.59. The zero-order valence-corrected chi connectivity index (χ0v) is 17.1. The van der Waals surface area contributed by atoms with E-state index >= 15 is 0 Å². The molecule has 0 atom stereocenters. The van der Waals surface area contributed by atoms with Gasteiger partial charge in [0.2, 0.25) is 0 Å². The van der Waals surface area contributed by atoms with E-state index in [9.17, 15) is 4.39 Å². The fourth-order valence-corrected chi connectivity index (χ4v) is 3.98. The number of aromatic nitrogens is 6. The van der Waals surface area contributed by atoms with Crippen LogP contribution in [0.15, 0.2) is 73.2 Å². The molecule has 4 heterocycles. The number of nitrogens with zero attached hydrogens (tertiary/aromatic N) is 4. The Balaban J connectivity index is 1.51. The van der Waals surface area contributed by atoms with Gasteiger partial charge >= 0.3 is 0 Å². The van der Waals surface area contributed by atoms with Crippen LogP contribution in [0.1, 0.15) is 5.56 Å². The summed E-state index contributed by atoms with van der Waals surface area (Å²) in [6.45, 7) is 2.02. The molecule has 2 aromatic carbocycles. The average Bonchev–Trinajstić information content (AvgIpc) is 3.42. The highest BCUT2D eigenvalue weighted by molar-refractivity contribution is 5.97. The van der Waals surface area contributed by atoms with Crippen LogP contribution < -0.4 is 0 Å². The van der Waals surface area contributed by atoms with Crippen LogP contribution >= 0.6 is 0 Å². The number of imidazole rings is 1. The SMILES string of the molecule is Cc1cncc(-c2ccc3[nH]nc(-c4nc5c(-c6cccc(F)c6)nccc5[nH]4)c3c2)c1. The summed E-state index contributed by atoms with van der Waals surface area (Å²) in [4.78, 5) is 16.9. The molecule has 0 unspecified atom stereocenters. The average molecular weight is 420 g/mol. The molecule has 0 bridgehead atoms. The third kappa shape index (κ3) is 3.02. The number of aromatic amines is 2. The minimum Gasteiger partial charge on any atom is -0.336 e. The molecule has 0 aliphatic rings. The molecular weight excluding hydrogens is 403 g/mol. The van der Waals surface area contributed by atoms with Gasteiger partial charge in [-0.05, 0) is 54.4 Å². The molecule has 0 aliphatic carbocycles. The van der Waals surface area contributed by atoms with Crippen LogP contribution in [0.5, 0.6) is 0 Å². The van der Waals surface area contributed by atoms with E-state index < -0.39 is 0 Å². The second-order valence-corrected chi connectivity index (χ2v) is 7.74. The van der Waals surface area contributed by atoms with Gasteiger partial charge in [0.25, 0.3) is 0 Å². The maximum atomic E-state index is 13.8. The third-order valence-electron chi connectivity index (χ3n) is 5.49. The lowest BCUT2D eigenvalue weighted by atomic mass is 10.0. The zero-order valence-electron chi connectivity index (χ0n) is 17.1. The van der Waals surface area contributed by atoms with Crippen molar-refractivity contribution in [2.24, 2.45) is 0 Å². The summed E-state index contributed by atoms with van der Waals surface area (Å²) < 4.78 is 13.8. The number of aryl methyl sites for hydroxylation is 1. The number of fused-ring (bicyclic) bond motifs is 2. The second-order valence-electron chi connectivity index (χ2n) is 7.74. The molecule has 0 saturated heterocycles. The Labute approximate surface area is 182 Å². The Morgan fingerprint density at radius 2 is 1.78 bits per heavy atom. The molecule has 2 N–H and O–H groups in total. The van der Waals surface area contributed by atoms with Gasteiger partial charge in [-0.2, -0.15) is 5.10 Å². The lowest BCUT2D eigenvalue weighted by Gasteiger charge is -2.03. The fraction of sp³-hybridized carbons (Fsp3) is 0.0400. The van der Waals surface area contributed by atoms with E-state index in [-0.39, 0.29) is 5.82 Å². The van der Waals surface area contributed by atoms with Crippen molar-refractivity contribution in [2.75, 3.05) is 0 Å². The predicted octanol–water partition coefficient (Wildman–Crippen LogP) is 5.68. The second kappa shape index (κ2) is 7.09. The largest absolute Gasteiger partial charge is 0.336 e. The Kier molecular flexibility index (Phi) is 4.07. The van der Waals surface area contributed by atoms with Crippen LogP contribution in [-0.2, 0) is 0 Å². The Hall–Kier alpha value is -4.39. The van der Waals surface area contributed by atoms with Gasteiger partial charge in [-0.1, -0.05) is 18.2 Å². The van der Waals surface area contributed by atoms with Crippen molar-refractivity contribution < 1.29 is 4.39 Å². The molecule has 0 fully saturated rings. The molecular formula is C25H17FN6. The summed E-state index contributed by atoms with van der Waals surface area (Å²) in [5.74, 6) is 0.310. The first kappa shape index (κ1) is 18.4. The van der Waals surface area contributed by atoms with Gasteiger partial charge < -0.3 is 4.98 Å². The van der Waals surface area contributed by atoms with E-state index in [0.29, 0.717) is 28.3 Å². The molecule has 0 radical (unpaired) electrons. The van der Waals surface area contributed by atoms with Gasteiger partial charge in [-0.25, -0.2) is 9.37 Å². The molecule has 0 saturated carbocycles. The van der Waals surface area contributed by atoms with Crippen molar-refractivity contribution in [3.8, 4) is 33.9 Å². The van der Waals surface area contributed by atoms with Crippen molar-refractivity contribution in [3.63, 3.8) is 0 Å². The smallest absolute Gasteiger partial charge is 0.159 e. The van der Waals surface area contributed by atoms with E-state index in [0.717, 1.165) is 33.1 Å². The lowest BCUT2D eigenvalue weighted by Crippen LogP contribution is -1.86. The first-order chi connectivity index (χ1) is 15.7. The van der Waals surface area contributed by atoms with E-state index in [2.05, 4.69) is 37.3 Å². The maximum absolute atomic E-state index is 13.8. The van der Waals surface area contributed by atoms with Crippen LogP contribution in [0.2, 0.25) is 0 Å². The normalized spacial score (nSPS) is 11.4. The van der Waals surface area contributed by atoms with E-state index in [1.54, 1.807) is 12.3 Å². The first-order valence-electron chi connectivity index (χ1n) is 10.2. The van der Waals surface area contributed by atoms with Crippen LogP contribution in [-0.4, -0.2) is 30.1 Å². The maximum Gasteiger partial charge on any atom is 0.159 e. The van der Waals surface area contributed by atoms with E-state index in [4.69, 9.17) is 4.98 Å². The van der Waals surface area contributed by atoms with Crippen molar-refractivity contribution >= 4 is 21.9 Å². The van der Waals surface area contributed by atoms with Crippen LogP contribution in [0.3, 0.4) is 0 Å². The molecule has 0 spiro atoms. The minimum atomic E-state index is -0.312. The summed E-state index contributed by atoms with van der Waals surface area (Å²) in [7, 11) is 0. The highest BCUT2D eigenvalue weighted by Gasteiger charge is 2.16. The van der Waals surface area contributed by atoms with Gasteiger partial charge in [0.15, 0.2) is 5.82 Å². The zero-order chi connectivity index (χ0) is 21.7. The monoisotopic (exact) mass is 420 g/mol. The molecule has 0 amide bonds. The molecule has 6 nitrogen and oxygen atoms in total. The molecule has 4 aromatic heterocycles. The lowest BCUT2D eigenvalue weighted by molar-refractivity contribution is 0.628. The van der Waals surface area contributed by atoms with Gasteiger partial charge in [0, 0.05) is 35.1 Å². The number of hydrogen-bond acceptors (Lipinski definition) is 4. The standard InChI is InChI=1S/C25H17FN6/c1-14-9-17(13-27-12-14)15-5-6-20-19(11-15)23(32-31-20)25-29-21-7-8-28-22(24(21)30-25)16-3-2-4-18(26)10-16/h2-13H,1H3,(H,29,30)(H,31,32). The van der Waals surface area contributed by atoms with Crippen molar-refractivity contribution in [1.29, 1.82) is 0 Å².